The van der Waals surface area contributed by atoms with Crippen molar-refractivity contribution in [2.75, 3.05) is 11.9 Å². The number of para-hydroxylation sites is 1. The summed E-state index contributed by atoms with van der Waals surface area (Å²) in [5.74, 6) is -0.0457. The summed E-state index contributed by atoms with van der Waals surface area (Å²) in [6.07, 6.45) is 2.12. The van der Waals surface area contributed by atoms with E-state index in [4.69, 9.17) is 17.2 Å². The van der Waals surface area contributed by atoms with Crippen molar-refractivity contribution in [3.8, 4) is 5.69 Å². The van der Waals surface area contributed by atoms with Gasteiger partial charge in [-0.15, -0.1) is 0 Å². The normalized spacial score (nSPS) is 16.7. The molecule has 1 aliphatic rings. The number of aromatic nitrogens is 2. The third-order valence-corrected chi connectivity index (χ3v) is 8.51. The zero-order valence-electron chi connectivity index (χ0n) is 23.5. The number of pyridine rings is 1. The molecule has 2 aromatic heterocycles. The summed E-state index contributed by atoms with van der Waals surface area (Å²) in [4.78, 5) is 20.1. The van der Waals surface area contributed by atoms with Gasteiger partial charge in [-0.3, -0.25) is 9.78 Å². The number of rotatable bonds is 7. The minimum Gasteiger partial charge on any atom is -0.352 e. The molecule has 0 unspecified atom stereocenters. The fourth-order valence-corrected chi connectivity index (χ4v) is 6.47. The van der Waals surface area contributed by atoms with Crippen molar-refractivity contribution in [1.82, 2.24) is 19.8 Å². The first kappa shape index (κ1) is 26.7. The second-order valence-electron chi connectivity index (χ2n) is 10.5. The van der Waals surface area contributed by atoms with Gasteiger partial charge in [-0.25, -0.2) is 0 Å². The fourth-order valence-electron chi connectivity index (χ4n) is 6.14. The van der Waals surface area contributed by atoms with Gasteiger partial charge in [-0.2, -0.15) is 0 Å². The van der Waals surface area contributed by atoms with Crippen LogP contribution < -0.4 is 10.6 Å². The molecular weight excluding hydrogens is 526 g/mol. The SMILES string of the molecule is Cc1c([C@H]2[C@@H](c3ccccn3)NC(=S)N2CCC(=O)Nc2cccc3ccccc23)c(C)n(-c2ccccc2)c1C. The first-order chi connectivity index (χ1) is 19.9. The van der Waals surface area contributed by atoms with Crippen LogP contribution in [0.25, 0.3) is 16.5 Å². The number of carbonyl (C=O) groups excluding carboxylic acids is 1. The molecule has 41 heavy (non-hydrogen) atoms. The molecule has 7 heteroatoms. The number of hydrogen-bond acceptors (Lipinski definition) is 3. The van der Waals surface area contributed by atoms with Crippen LogP contribution in [-0.4, -0.2) is 32.0 Å². The van der Waals surface area contributed by atoms with Crippen molar-refractivity contribution in [1.29, 1.82) is 0 Å². The molecule has 1 aliphatic heterocycles. The highest BCUT2D eigenvalue weighted by Crippen LogP contribution is 2.43. The predicted octanol–water partition coefficient (Wildman–Crippen LogP) is 6.95. The zero-order valence-corrected chi connectivity index (χ0v) is 24.3. The van der Waals surface area contributed by atoms with Crippen LogP contribution in [0.4, 0.5) is 5.69 Å². The first-order valence-corrected chi connectivity index (χ1v) is 14.3. The Labute approximate surface area is 246 Å². The van der Waals surface area contributed by atoms with Crippen molar-refractivity contribution >= 4 is 39.7 Å². The smallest absolute Gasteiger partial charge is 0.226 e. The van der Waals surface area contributed by atoms with Gasteiger partial charge in [0.1, 0.15) is 0 Å². The lowest BCUT2D eigenvalue weighted by molar-refractivity contribution is -0.116. The van der Waals surface area contributed by atoms with Crippen molar-refractivity contribution in [3.63, 3.8) is 0 Å². The maximum atomic E-state index is 13.3. The van der Waals surface area contributed by atoms with E-state index in [1.54, 1.807) is 0 Å². The van der Waals surface area contributed by atoms with Gasteiger partial charge >= 0.3 is 0 Å². The Morgan fingerprint density at radius 1 is 0.902 bits per heavy atom. The predicted molar refractivity (Wildman–Crippen MR) is 169 cm³/mol. The largest absolute Gasteiger partial charge is 0.352 e. The fraction of sp³-hybridized carbons (Fsp3) is 0.206. The molecule has 1 fully saturated rings. The summed E-state index contributed by atoms with van der Waals surface area (Å²) < 4.78 is 2.31. The molecule has 6 rings (SSSR count). The van der Waals surface area contributed by atoms with E-state index >= 15 is 0 Å². The molecule has 2 N–H and O–H groups in total. The Morgan fingerprint density at radius 3 is 2.41 bits per heavy atom. The van der Waals surface area contributed by atoms with Crippen LogP contribution in [0, 0.1) is 20.8 Å². The minimum atomic E-state index is -0.145. The average Bonchev–Trinajstić information content (AvgIpc) is 3.43. The van der Waals surface area contributed by atoms with Crippen molar-refractivity contribution in [3.05, 3.63) is 125 Å². The molecule has 0 saturated carbocycles. The first-order valence-electron chi connectivity index (χ1n) is 13.9. The maximum Gasteiger partial charge on any atom is 0.226 e. The number of nitrogens with zero attached hydrogens (tertiary/aromatic N) is 3. The van der Waals surface area contributed by atoms with Crippen LogP contribution in [0.2, 0.25) is 0 Å². The third kappa shape index (κ3) is 4.98. The van der Waals surface area contributed by atoms with E-state index in [0.717, 1.165) is 33.5 Å². The molecule has 0 aliphatic carbocycles. The number of benzene rings is 3. The number of anilines is 1. The highest BCUT2D eigenvalue weighted by Gasteiger charge is 2.42. The van der Waals surface area contributed by atoms with Crippen LogP contribution in [0.3, 0.4) is 0 Å². The summed E-state index contributed by atoms with van der Waals surface area (Å²) in [5, 5.41) is 9.43. The molecule has 0 bridgehead atoms. The molecule has 0 spiro atoms. The topological polar surface area (TPSA) is 62.2 Å². The zero-order chi connectivity index (χ0) is 28.5. The van der Waals surface area contributed by atoms with E-state index in [9.17, 15) is 4.79 Å². The molecule has 1 saturated heterocycles. The van der Waals surface area contributed by atoms with Crippen molar-refractivity contribution in [2.45, 2.75) is 39.3 Å². The van der Waals surface area contributed by atoms with Crippen LogP contribution >= 0.6 is 12.2 Å². The molecule has 5 aromatic rings. The Morgan fingerprint density at radius 2 is 1.63 bits per heavy atom. The summed E-state index contributed by atoms with van der Waals surface area (Å²) in [6.45, 7) is 6.99. The maximum absolute atomic E-state index is 13.3. The molecule has 1 amide bonds. The lowest BCUT2D eigenvalue weighted by atomic mass is 9.93. The number of thiocarbonyl (C=S) groups is 1. The average molecular weight is 560 g/mol. The van der Waals surface area contributed by atoms with E-state index in [0.29, 0.717) is 18.1 Å². The molecule has 0 radical (unpaired) electrons. The Bertz CT molecular complexity index is 1730. The molecule has 2 atom stereocenters. The van der Waals surface area contributed by atoms with Crippen molar-refractivity contribution < 1.29 is 4.79 Å². The molecule has 3 heterocycles. The van der Waals surface area contributed by atoms with E-state index in [1.165, 1.54) is 16.8 Å². The van der Waals surface area contributed by atoms with Crippen LogP contribution in [-0.2, 0) is 4.79 Å². The number of amides is 1. The lowest BCUT2D eigenvalue weighted by Crippen LogP contribution is -2.33. The van der Waals surface area contributed by atoms with Crippen LogP contribution in [0.15, 0.2) is 97.2 Å². The van der Waals surface area contributed by atoms with Gasteiger partial charge in [0, 0.05) is 52.9 Å². The van der Waals surface area contributed by atoms with E-state index in [2.05, 4.69) is 77.3 Å². The standard InChI is InChI=1S/C34H33N5OS/c1-22-23(2)39(26-14-5-4-6-15-26)24(3)31(22)33-32(29-17-9-10-20-35-29)37-34(41)38(33)21-19-30(40)36-28-18-11-13-25-12-7-8-16-27(25)28/h4-18,20,32-33H,19,21H2,1-3H3,(H,36,40)(H,37,41)/t32-,33+/m1/s1. The summed E-state index contributed by atoms with van der Waals surface area (Å²) in [7, 11) is 0. The number of hydrogen-bond donors (Lipinski definition) is 2. The van der Waals surface area contributed by atoms with E-state index < -0.39 is 0 Å². The van der Waals surface area contributed by atoms with Crippen LogP contribution in [0.5, 0.6) is 0 Å². The van der Waals surface area contributed by atoms with Crippen LogP contribution in [0.1, 0.15) is 46.7 Å². The highest BCUT2D eigenvalue weighted by atomic mass is 32.1. The molecular formula is C34H33N5OS. The lowest BCUT2D eigenvalue weighted by Gasteiger charge is -2.29. The van der Waals surface area contributed by atoms with Gasteiger partial charge in [0.2, 0.25) is 5.91 Å². The molecule has 6 nitrogen and oxygen atoms in total. The van der Waals surface area contributed by atoms with Gasteiger partial charge in [-0.05, 0) is 74.3 Å². The van der Waals surface area contributed by atoms with Gasteiger partial charge in [0.15, 0.2) is 5.11 Å². The molecule has 206 valence electrons. The highest BCUT2D eigenvalue weighted by molar-refractivity contribution is 7.80. The second kappa shape index (κ2) is 11.2. The van der Waals surface area contributed by atoms with Crippen molar-refractivity contribution in [2.24, 2.45) is 0 Å². The Balaban J connectivity index is 1.33. The quantitative estimate of drug-likeness (QED) is 0.211. The minimum absolute atomic E-state index is 0.0457. The molecule has 3 aromatic carbocycles. The summed E-state index contributed by atoms with van der Waals surface area (Å²) >= 11 is 5.91. The van der Waals surface area contributed by atoms with Gasteiger partial charge in [0.05, 0.1) is 17.8 Å². The number of fused-ring (bicyclic) bond motifs is 1. The Kier molecular flexibility index (Phi) is 7.28. The van der Waals surface area contributed by atoms with Gasteiger partial charge in [-0.1, -0.05) is 60.7 Å². The second-order valence-corrected chi connectivity index (χ2v) is 10.9. The summed E-state index contributed by atoms with van der Waals surface area (Å²) in [5.41, 5.74) is 7.65. The number of nitrogens with one attached hydrogen (secondary N) is 2. The summed E-state index contributed by atoms with van der Waals surface area (Å²) in [6, 6.07) is 30.2. The van der Waals surface area contributed by atoms with Gasteiger partial charge in [0.25, 0.3) is 0 Å². The Hall–Kier alpha value is -4.49. The van der Waals surface area contributed by atoms with E-state index in [-0.39, 0.29) is 18.0 Å². The third-order valence-electron chi connectivity index (χ3n) is 8.16. The van der Waals surface area contributed by atoms with Gasteiger partial charge < -0.3 is 20.1 Å². The monoisotopic (exact) mass is 559 g/mol. The van der Waals surface area contributed by atoms with E-state index in [1.807, 2.05) is 60.8 Å². The number of carbonyl (C=O) groups is 1.